The highest BCUT2D eigenvalue weighted by molar-refractivity contribution is 6.13. The summed E-state index contributed by atoms with van der Waals surface area (Å²) >= 11 is 0. The lowest BCUT2D eigenvalue weighted by atomic mass is 9.98. The number of halogens is 1. The number of benzene rings is 12. The summed E-state index contributed by atoms with van der Waals surface area (Å²) in [4.78, 5) is 0. The second kappa shape index (κ2) is 17.3. The van der Waals surface area contributed by atoms with Gasteiger partial charge in [0.05, 0.1) is 5.39 Å². The molecule has 0 aliphatic carbocycles. The summed E-state index contributed by atoms with van der Waals surface area (Å²) < 4.78 is 13.7. The van der Waals surface area contributed by atoms with Gasteiger partial charge in [-0.15, -0.1) is 0 Å². The Morgan fingerprint density at radius 2 is 0.569 bits per heavy atom. The van der Waals surface area contributed by atoms with Gasteiger partial charge in [0.25, 0.3) is 0 Å². The van der Waals surface area contributed by atoms with Gasteiger partial charge in [0, 0.05) is 59.2 Å². The van der Waals surface area contributed by atoms with Crippen LogP contribution in [0.1, 0.15) is 11.1 Å². The highest BCUT2D eigenvalue weighted by atomic mass is 19.1. The third-order valence-corrected chi connectivity index (χ3v) is 12.0. The summed E-state index contributed by atoms with van der Waals surface area (Å²) in [6.07, 6.45) is 0. The topological polar surface area (TPSA) is 121 Å². The number of phenolic OH excluding ortho intramolecular Hbond substituents is 6. The third-order valence-electron chi connectivity index (χ3n) is 12.0. The van der Waals surface area contributed by atoms with Crippen molar-refractivity contribution in [2.75, 3.05) is 0 Å². The molecule has 0 atom stereocenters. The maximum absolute atomic E-state index is 13.7. The lowest BCUT2D eigenvalue weighted by Gasteiger charge is -2.11. The maximum Gasteiger partial charge on any atom is 0.134 e. The molecule has 6 nitrogen and oxygen atoms in total. The van der Waals surface area contributed by atoms with Crippen molar-refractivity contribution in [2.24, 2.45) is 0 Å². The lowest BCUT2D eigenvalue weighted by Crippen LogP contribution is -1.84. The highest BCUT2D eigenvalue weighted by Crippen LogP contribution is 2.44. The van der Waals surface area contributed by atoms with Crippen LogP contribution in [0.4, 0.5) is 4.39 Å². The molecule has 7 heteroatoms. The summed E-state index contributed by atoms with van der Waals surface area (Å²) in [7, 11) is 0. The summed E-state index contributed by atoms with van der Waals surface area (Å²) in [5.74, 6) is 0.247. The molecule has 0 aliphatic rings. The molecule has 0 saturated heterocycles. The quantitative estimate of drug-likeness (QED) is 0.0667. The standard InChI is InChI=1S/C15H12O2.C15H12.C14H9FO2.C14H10O2/c1-9-5-4-8-12-13(9)15(17)11-7-3-2-6-10(11)14(12)16;1-11-5-4-8-14-9-12-6-2-3-7-13(12)10-15(11)14;15-11-7-3-6-10-12(11)14(17)9-5-2-1-4-8(9)13(10)16;15-13-9-5-1-2-6-10(9)14(16)12-8-4-3-7-11(12)13/h2-8,16-17H,1H3;2-10H,1H3;1-7,16-17H;1-8,15-16H. The first kappa shape index (κ1) is 41.8. The molecule has 0 radical (unpaired) electrons. The van der Waals surface area contributed by atoms with Crippen LogP contribution >= 0.6 is 0 Å². The van der Waals surface area contributed by atoms with E-state index in [4.69, 9.17) is 0 Å². The van der Waals surface area contributed by atoms with Crippen molar-refractivity contribution in [3.05, 3.63) is 205 Å². The first-order valence-electron chi connectivity index (χ1n) is 21.1. The Labute approximate surface area is 373 Å². The average Bonchev–Trinajstić information content (AvgIpc) is 3.34. The van der Waals surface area contributed by atoms with Crippen LogP contribution in [0.2, 0.25) is 0 Å². The van der Waals surface area contributed by atoms with Crippen molar-refractivity contribution in [1.82, 2.24) is 0 Å². The van der Waals surface area contributed by atoms with E-state index in [-0.39, 0.29) is 39.9 Å². The number of aryl methyl sites for hydroxylation is 2. The molecule has 0 aliphatic heterocycles. The maximum atomic E-state index is 13.7. The van der Waals surface area contributed by atoms with Crippen molar-refractivity contribution in [3.63, 3.8) is 0 Å². The summed E-state index contributed by atoms with van der Waals surface area (Å²) in [6.45, 7) is 4.09. The molecule has 65 heavy (non-hydrogen) atoms. The average molecular weight is 855 g/mol. The number of phenols is 6. The number of rotatable bonds is 0. The van der Waals surface area contributed by atoms with Gasteiger partial charge in [0.15, 0.2) is 0 Å². The first-order chi connectivity index (χ1) is 31.5. The number of aromatic hydroxyl groups is 6. The summed E-state index contributed by atoms with van der Waals surface area (Å²) in [5.41, 5.74) is 2.30. The van der Waals surface area contributed by atoms with Crippen LogP contribution in [0.3, 0.4) is 0 Å². The van der Waals surface area contributed by atoms with Crippen molar-refractivity contribution >= 4 is 86.2 Å². The molecule has 6 N–H and O–H groups in total. The monoisotopic (exact) mass is 854 g/mol. The van der Waals surface area contributed by atoms with Gasteiger partial charge in [-0.2, -0.15) is 0 Å². The fourth-order valence-electron chi connectivity index (χ4n) is 8.70. The third kappa shape index (κ3) is 7.59. The second-order valence-corrected chi connectivity index (χ2v) is 15.9. The Bertz CT molecular complexity index is 3540. The molecule has 12 aromatic carbocycles. The van der Waals surface area contributed by atoms with Gasteiger partial charge in [-0.25, -0.2) is 4.39 Å². The highest BCUT2D eigenvalue weighted by Gasteiger charge is 2.16. The molecule has 0 spiro atoms. The van der Waals surface area contributed by atoms with Crippen LogP contribution in [-0.4, -0.2) is 30.6 Å². The van der Waals surface area contributed by atoms with Gasteiger partial charge in [-0.3, -0.25) is 0 Å². The Hall–Kier alpha value is -8.55. The minimum Gasteiger partial charge on any atom is -0.507 e. The van der Waals surface area contributed by atoms with E-state index in [1.54, 1.807) is 54.6 Å². The van der Waals surface area contributed by atoms with E-state index < -0.39 is 5.82 Å². The fourth-order valence-corrected chi connectivity index (χ4v) is 8.70. The van der Waals surface area contributed by atoms with Gasteiger partial charge in [0.2, 0.25) is 0 Å². The van der Waals surface area contributed by atoms with E-state index in [2.05, 4.69) is 61.5 Å². The Morgan fingerprint density at radius 1 is 0.262 bits per heavy atom. The van der Waals surface area contributed by atoms with Crippen LogP contribution in [0.5, 0.6) is 34.5 Å². The SMILES string of the molecule is Cc1cccc2c(O)c3ccccc3c(O)c12.Cc1cccc2cc3ccccc3cc12.Oc1c2ccccc2c(O)c2c(F)cccc12.Oc1c2ccccc2c(O)c2ccccc12. The van der Waals surface area contributed by atoms with Crippen LogP contribution in [-0.2, 0) is 0 Å². The Balaban J connectivity index is 0.000000109. The zero-order chi connectivity index (χ0) is 45.4. The van der Waals surface area contributed by atoms with E-state index in [9.17, 15) is 35.0 Å². The zero-order valence-electron chi connectivity index (χ0n) is 35.5. The van der Waals surface area contributed by atoms with Crippen LogP contribution in [0, 0.1) is 19.7 Å². The molecule has 318 valence electrons. The number of fused-ring (bicyclic) bond motifs is 8. The van der Waals surface area contributed by atoms with Gasteiger partial charge in [-0.05, 0) is 64.7 Å². The molecule has 0 fully saturated rings. The fraction of sp³-hybridized carbons (Fsp3) is 0.0345. The van der Waals surface area contributed by atoms with Crippen molar-refractivity contribution < 1.29 is 35.0 Å². The molecule has 0 heterocycles. The minimum absolute atomic E-state index is 0.00657. The normalized spacial score (nSPS) is 11.1. The molecule has 0 unspecified atom stereocenters. The molecule has 0 bridgehead atoms. The zero-order valence-corrected chi connectivity index (χ0v) is 35.5. The molecule has 0 aromatic heterocycles. The first-order valence-corrected chi connectivity index (χ1v) is 21.1. The van der Waals surface area contributed by atoms with Crippen LogP contribution in [0.25, 0.3) is 86.2 Å². The molecule has 12 rings (SSSR count). The van der Waals surface area contributed by atoms with E-state index in [1.165, 1.54) is 39.2 Å². The van der Waals surface area contributed by atoms with Crippen LogP contribution < -0.4 is 0 Å². The van der Waals surface area contributed by atoms with Crippen molar-refractivity contribution in [1.29, 1.82) is 0 Å². The number of hydrogen-bond acceptors (Lipinski definition) is 6. The molecule has 0 amide bonds. The van der Waals surface area contributed by atoms with E-state index in [0.29, 0.717) is 53.9 Å². The predicted molar refractivity (Wildman–Crippen MR) is 265 cm³/mol. The molecular formula is C58H43FO6. The Kier molecular flexibility index (Phi) is 11.1. The number of hydrogen-bond donors (Lipinski definition) is 6. The van der Waals surface area contributed by atoms with Crippen molar-refractivity contribution in [3.8, 4) is 34.5 Å². The minimum atomic E-state index is -0.541. The summed E-state index contributed by atoms with van der Waals surface area (Å²) in [6, 6.07) is 58.2. The largest absolute Gasteiger partial charge is 0.507 e. The van der Waals surface area contributed by atoms with Crippen LogP contribution in [0.15, 0.2) is 188 Å². The van der Waals surface area contributed by atoms with Gasteiger partial charge in [-0.1, -0.05) is 170 Å². The second-order valence-electron chi connectivity index (χ2n) is 15.9. The van der Waals surface area contributed by atoms with E-state index >= 15 is 0 Å². The van der Waals surface area contributed by atoms with Gasteiger partial charge < -0.3 is 30.6 Å². The summed E-state index contributed by atoms with van der Waals surface area (Å²) in [5, 5.41) is 73.1. The lowest BCUT2D eigenvalue weighted by molar-refractivity contribution is 0.476. The van der Waals surface area contributed by atoms with Crippen molar-refractivity contribution in [2.45, 2.75) is 13.8 Å². The van der Waals surface area contributed by atoms with Gasteiger partial charge in [0.1, 0.15) is 40.3 Å². The molecule has 12 aromatic rings. The predicted octanol–water partition coefficient (Wildman–Crippen LogP) is 15.0. The molecular weight excluding hydrogens is 812 g/mol. The van der Waals surface area contributed by atoms with E-state index in [1.807, 2.05) is 73.7 Å². The van der Waals surface area contributed by atoms with Gasteiger partial charge >= 0.3 is 0 Å². The molecule has 0 saturated carbocycles. The Morgan fingerprint density at radius 3 is 1.05 bits per heavy atom. The smallest absolute Gasteiger partial charge is 0.134 e. The van der Waals surface area contributed by atoms with E-state index in [0.717, 1.165) is 10.9 Å².